The van der Waals surface area contributed by atoms with Crippen LogP contribution in [0.5, 0.6) is 0 Å². The van der Waals surface area contributed by atoms with Crippen molar-refractivity contribution in [2.24, 2.45) is 0 Å². The lowest BCUT2D eigenvalue weighted by Gasteiger charge is -2.23. The Morgan fingerprint density at radius 1 is 1.03 bits per heavy atom. The average Bonchev–Trinajstić information content (AvgIpc) is 2.91. The summed E-state index contributed by atoms with van der Waals surface area (Å²) in [6, 6.07) is 5.35. The topological polar surface area (TPSA) is 48.5 Å². The number of alkyl halides is 3. The van der Waals surface area contributed by atoms with Crippen LogP contribution in [0.15, 0.2) is 30.5 Å². The second kappa shape index (κ2) is 9.60. The van der Waals surface area contributed by atoms with Gasteiger partial charge in [-0.15, -0.1) is 0 Å². The summed E-state index contributed by atoms with van der Waals surface area (Å²) < 4.78 is 38.1. The maximum Gasteiger partial charge on any atom is 0.417 e. The van der Waals surface area contributed by atoms with Gasteiger partial charge in [0.15, 0.2) is 0 Å². The molecule has 2 heterocycles. The molecule has 0 aliphatic carbocycles. The van der Waals surface area contributed by atoms with Gasteiger partial charge in [0.25, 0.3) is 0 Å². The Morgan fingerprint density at radius 3 is 2.43 bits per heavy atom. The minimum Gasteiger partial charge on any atom is -0.355 e. The highest BCUT2D eigenvalue weighted by molar-refractivity contribution is 6.44. The van der Waals surface area contributed by atoms with Crippen LogP contribution in [-0.2, 0) is 11.0 Å². The van der Waals surface area contributed by atoms with E-state index < -0.39 is 11.7 Å². The minimum atomic E-state index is -4.41. The number of anilines is 2. The number of pyridine rings is 1. The molecule has 5 nitrogen and oxygen atoms in total. The normalized spacial score (nSPS) is 15.7. The summed E-state index contributed by atoms with van der Waals surface area (Å²) in [7, 11) is 0. The van der Waals surface area contributed by atoms with E-state index in [1.807, 2.05) is 9.80 Å². The van der Waals surface area contributed by atoms with Gasteiger partial charge in [0.2, 0.25) is 5.91 Å². The molecule has 0 bridgehead atoms. The Kier molecular flexibility index (Phi) is 7.34. The summed E-state index contributed by atoms with van der Waals surface area (Å²) in [5.41, 5.74) is -0.401. The molecular weight excluding hydrogens is 464 g/mol. The summed E-state index contributed by atoms with van der Waals surface area (Å²) in [5, 5.41) is 3.59. The SMILES string of the molecule is O=C(CN1CCCN(c2ccc(C(F)(F)F)cn2)CC1)Nc1cc(Cl)c(Cl)cc1Cl. The number of nitrogens with one attached hydrogen (secondary N) is 1. The number of aromatic nitrogens is 1. The zero-order chi connectivity index (χ0) is 21.9. The Bertz CT molecular complexity index is 909. The highest BCUT2D eigenvalue weighted by Crippen LogP contribution is 2.32. The van der Waals surface area contributed by atoms with Crippen molar-refractivity contribution in [2.45, 2.75) is 12.6 Å². The number of halogens is 6. The van der Waals surface area contributed by atoms with E-state index in [0.717, 1.165) is 18.7 Å². The number of hydrogen-bond acceptors (Lipinski definition) is 4. The molecule has 1 aliphatic rings. The summed E-state index contributed by atoms with van der Waals surface area (Å²) in [4.78, 5) is 20.2. The lowest BCUT2D eigenvalue weighted by molar-refractivity contribution is -0.137. The molecule has 11 heteroatoms. The lowest BCUT2D eigenvalue weighted by Crippen LogP contribution is -2.36. The quantitative estimate of drug-likeness (QED) is 0.609. The fourth-order valence-electron chi connectivity index (χ4n) is 3.11. The Labute approximate surface area is 186 Å². The molecule has 1 amide bonds. The fraction of sp³-hybridized carbons (Fsp3) is 0.368. The molecule has 0 atom stereocenters. The standard InChI is InChI=1S/C19H18Cl3F3N4O/c20-13-8-15(22)16(9-14(13)21)27-18(30)11-28-4-1-5-29(7-6-28)17-3-2-12(10-26-17)19(23,24)25/h2-3,8-10H,1,4-7,11H2,(H,27,30). The van der Waals surface area contributed by atoms with Crippen LogP contribution in [0.2, 0.25) is 15.1 Å². The van der Waals surface area contributed by atoms with Gasteiger partial charge in [0.1, 0.15) is 5.82 Å². The van der Waals surface area contributed by atoms with E-state index in [-0.39, 0.29) is 22.5 Å². The first-order valence-electron chi connectivity index (χ1n) is 9.08. The third kappa shape index (κ3) is 5.91. The van der Waals surface area contributed by atoms with Crippen molar-refractivity contribution in [1.29, 1.82) is 0 Å². The molecule has 1 fully saturated rings. The van der Waals surface area contributed by atoms with Gasteiger partial charge in [-0.05, 0) is 30.7 Å². The maximum atomic E-state index is 12.7. The molecule has 1 N–H and O–H groups in total. The minimum absolute atomic E-state index is 0.144. The molecule has 1 saturated heterocycles. The zero-order valence-electron chi connectivity index (χ0n) is 15.6. The first kappa shape index (κ1) is 22.9. The molecule has 1 aromatic carbocycles. The van der Waals surface area contributed by atoms with Gasteiger partial charge in [-0.1, -0.05) is 34.8 Å². The molecule has 0 unspecified atom stereocenters. The van der Waals surface area contributed by atoms with Crippen LogP contribution in [0, 0.1) is 0 Å². The third-order valence-electron chi connectivity index (χ3n) is 4.64. The molecule has 1 aliphatic heterocycles. The van der Waals surface area contributed by atoms with E-state index in [0.29, 0.717) is 42.7 Å². The first-order chi connectivity index (χ1) is 14.1. The molecule has 30 heavy (non-hydrogen) atoms. The molecule has 0 radical (unpaired) electrons. The Balaban J connectivity index is 1.56. The Hall–Kier alpha value is -1.74. The fourth-order valence-corrected chi connectivity index (χ4v) is 3.70. The van der Waals surface area contributed by atoms with E-state index in [2.05, 4.69) is 10.3 Å². The van der Waals surface area contributed by atoms with Crippen molar-refractivity contribution in [3.8, 4) is 0 Å². The largest absolute Gasteiger partial charge is 0.417 e. The molecule has 0 saturated carbocycles. The number of carbonyl (C=O) groups is 1. The summed E-state index contributed by atoms with van der Waals surface area (Å²) in [6.07, 6.45) is -2.83. The van der Waals surface area contributed by atoms with E-state index in [4.69, 9.17) is 34.8 Å². The van der Waals surface area contributed by atoms with Crippen molar-refractivity contribution >= 4 is 52.2 Å². The van der Waals surface area contributed by atoms with Crippen LogP contribution in [0.4, 0.5) is 24.7 Å². The van der Waals surface area contributed by atoms with Gasteiger partial charge >= 0.3 is 6.18 Å². The number of rotatable bonds is 4. The predicted octanol–water partition coefficient (Wildman–Crippen LogP) is 5.21. The molecule has 0 spiro atoms. The van der Waals surface area contributed by atoms with E-state index in [1.165, 1.54) is 18.2 Å². The average molecular weight is 482 g/mol. The van der Waals surface area contributed by atoms with Crippen LogP contribution in [-0.4, -0.2) is 48.5 Å². The van der Waals surface area contributed by atoms with Crippen molar-refractivity contribution in [3.63, 3.8) is 0 Å². The van der Waals surface area contributed by atoms with Crippen LogP contribution in [0.25, 0.3) is 0 Å². The van der Waals surface area contributed by atoms with E-state index >= 15 is 0 Å². The number of nitrogens with zero attached hydrogens (tertiary/aromatic N) is 3. The van der Waals surface area contributed by atoms with Gasteiger partial charge < -0.3 is 10.2 Å². The second-order valence-corrected chi connectivity index (χ2v) is 8.04. The second-order valence-electron chi connectivity index (χ2n) is 6.81. The van der Waals surface area contributed by atoms with Gasteiger partial charge in [-0.3, -0.25) is 9.69 Å². The van der Waals surface area contributed by atoms with Crippen LogP contribution in [0.1, 0.15) is 12.0 Å². The van der Waals surface area contributed by atoms with Crippen molar-refractivity contribution in [1.82, 2.24) is 9.88 Å². The first-order valence-corrected chi connectivity index (χ1v) is 10.2. The molecule has 162 valence electrons. The smallest absolute Gasteiger partial charge is 0.355 e. The Morgan fingerprint density at radius 2 is 1.77 bits per heavy atom. The van der Waals surface area contributed by atoms with Crippen molar-refractivity contribution < 1.29 is 18.0 Å². The van der Waals surface area contributed by atoms with Crippen LogP contribution in [0.3, 0.4) is 0 Å². The number of amides is 1. The predicted molar refractivity (Wildman–Crippen MR) is 113 cm³/mol. The third-order valence-corrected chi connectivity index (χ3v) is 5.67. The molecule has 3 rings (SSSR count). The molecule has 1 aromatic heterocycles. The van der Waals surface area contributed by atoms with Gasteiger partial charge in [0, 0.05) is 32.4 Å². The van der Waals surface area contributed by atoms with Crippen molar-refractivity contribution in [3.05, 3.63) is 51.1 Å². The zero-order valence-corrected chi connectivity index (χ0v) is 17.9. The maximum absolute atomic E-state index is 12.7. The van der Waals surface area contributed by atoms with Gasteiger partial charge in [-0.2, -0.15) is 13.2 Å². The van der Waals surface area contributed by atoms with E-state index in [9.17, 15) is 18.0 Å². The van der Waals surface area contributed by atoms with E-state index in [1.54, 1.807) is 0 Å². The van der Waals surface area contributed by atoms with Gasteiger partial charge in [0.05, 0.1) is 32.9 Å². The van der Waals surface area contributed by atoms with Crippen molar-refractivity contribution in [2.75, 3.05) is 42.9 Å². The lowest BCUT2D eigenvalue weighted by atomic mass is 10.2. The summed E-state index contributed by atoms with van der Waals surface area (Å²) in [5.74, 6) is 0.230. The van der Waals surface area contributed by atoms with Gasteiger partial charge in [-0.25, -0.2) is 4.98 Å². The number of hydrogen-bond donors (Lipinski definition) is 1. The number of carbonyl (C=O) groups excluding carboxylic acids is 1. The highest BCUT2D eigenvalue weighted by atomic mass is 35.5. The van der Waals surface area contributed by atoms with Crippen LogP contribution >= 0.6 is 34.8 Å². The highest BCUT2D eigenvalue weighted by Gasteiger charge is 2.31. The summed E-state index contributed by atoms with van der Waals surface area (Å²) >= 11 is 17.9. The molecule has 2 aromatic rings. The molecular formula is C19H18Cl3F3N4O. The monoisotopic (exact) mass is 480 g/mol. The number of benzene rings is 1. The summed E-state index contributed by atoms with van der Waals surface area (Å²) in [6.45, 7) is 2.55. The van der Waals surface area contributed by atoms with Crippen LogP contribution < -0.4 is 10.2 Å².